The quantitative estimate of drug-likeness (QED) is 0.451. The zero-order valence-electron chi connectivity index (χ0n) is 17.1. The number of carbonyl (C=O) groups excluding carboxylic acids is 1. The third-order valence-corrected chi connectivity index (χ3v) is 8.20. The summed E-state index contributed by atoms with van der Waals surface area (Å²) >= 11 is 3.39. The highest BCUT2D eigenvalue weighted by atomic mass is 32.2. The van der Waals surface area contributed by atoms with Crippen LogP contribution < -0.4 is 10.1 Å². The maximum absolute atomic E-state index is 13.1. The van der Waals surface area contributed by atoms with Crippen molar-refractivity contribution in [2.45, 2.75) is 68.6 Å². The summed E-state index contributed by atoms with van der Waals surface area (Å²) in [6, 6.07) is 0.299. The third-order valence-electron chi connectivity index (χ3n) is 6.44. The minimum Gasteiger partial charge on any atom is -0.475 e. The van der Waals surface area contributed by atoms with Crippen molar-refractivity contribution < 1.29 is 14.1 Å². The van der Waals surface area contributed by atoms with Crippen molar-refractivity contribution >= 4 is 29.4 Å². The number of aromatic nitrogens is 1. The smallest absolute Gasteiger partial charge is 0.291 e. The Morgan fingerprint density at radius 2 is 1.89 bits per heavy atom. The molecule has 0 radical (unpaired) electrons. The molecule has 4 fully saturated rings. The molecule has 1 aromatic heterocycles. The van der Waals surface area contributed by atoms with Crippen LogP contribution >= 0.6 is 23.5 Å². The molecule has 4 aliphatic carbocycles. The highest BCUT2D eigenvalue weighted by molar-refractivity contribution is 8.00. The predicted octanol–water partition coefficient (Wildman–Crippen LogP) is 4.86. The summed E-state index contributed by atoms with van der Waals surface area (Å²) < 4.78 is 11.3. The number of ether oxygens (including phenoxy) is 1. The van der Waals surface area contributed by atoms with Crippen LogP contribution in [-0.2, 0) is 0 Å². The van der Waals surface area contributed by atoms with Crippen molar-refractivity contribution in [3.05, 3.63) is 5.76 Å². The van der Waals surface area contributed by atoms with Gasteiger partial charge in [0, 0.05) is 11.3 Å². The molecule has 4 aliphatic rings. The normalized spacial score (nSPS) is 30.8. The van der Waals surface area contributed by atoms with Gasteiger partial charge in [-0.25, -0.2) is 0 Å². The third kappa shape index (κ3) is 4.35. The van der Waals surface area contributed by atoms with E-state index in [4.69, 9.17) is 9.26 Å². The highest BCUT2D eigenvalue weighted by Gasteiger charge is 2.49. The molecule has 1 heterocycles. The molecule has 28 heavy (non-hydrogen) atoms. The highest BCUT2D eigenvalue weighted by Crippen LogP contribution is 2.53. The summed E-state index contributed by atoms with van der Waals surface area (Å²) in [7, 11) is 0. The summed E-state index contributed by atoms with van der Waals surface area (Å²) in [5.74, 6) is 4.81. The van der Waals surface area contributed by atoms with Gasteiger partial charge in [0.2, 0.25) is 5.76 Å². The van der Waals surface area contributed by atoms with Crippen LogP contribution in [0.5, 0.6) is 5.88 Å². The fourth-order valence-electron chi connectivity index (χ4n) is 5.59. The Morgan fingerprint density at radius 1 is 1.21 bits per heavy atom. The molecule has 5 nitrogen and oxygen atoms in total. The summed E-state index contributed by atoms with van der Waals surface area (Å²) in [5.41, 5.74) is 0. The summed E-state index contributed by atoms with van der Waals surface area (Å²) in [4.78, 5) is 13.9. The molecular weight excluding hydrogens is 392 g/mol. The number of amides is 1. The van der Waals surface area contributed by atoms with Gasteiger partial charge < -0.3 is 14.6 Å². The first-order valence-corrected chi connectivity index (χ1v) is 12.9. The van der Waals surface area contributed by atoms with Crippen LogP contribution in [-0.4, -0.2) is 41.0 Å². The first-order valence-electron chi connectivity index (χ1n) is 10.6. The van der Waals surface area contributed by atoms with Crippen LogP contribution in [0.1, 0.15) is 62.9 Å². The van der Waals surface area contributed by atoms with E-state index < -0.39 is 0 Å². The lowest BCUT2D eigenvalue weighted by atomic mass is 9.54. The number of nitrogens with zero attached hydrogens (tertiary/aromatic N) is 1. The Labute approximate surface area is 176 Å². The van der Waals surface area contributed by atoms with Crippen LogP contribution in [0.25, 0.3) is 0 Å². The van der Waals surface area contributed by atoms with Crippen LogP contribution in [0.3, 0.4) is 0 Å². The number of nitrogens with one attached hydrogen (secondary N) is 1. The Hall–Kier alpha value is -0.820. The number of thioether (sulfide) groups is 2. The minimum absolute atomic E-state index is 0.118. The topological polar surface area (TPSA) is 64.4 Å². The van der Waals surface area contributed by atoms with Crippen LogP contribution in [0.4, 0.5) is 0 Å². The van der Waals surface area contributed by atoms with Gasteiger partial charge in [0.1, 0.15) is 4.90 Å². The molecule has 1 aromatic rings. The maximum Gasteiger partial charge on any atom is 0.291 e. The zero-order valence-corrected chi connectivity index (χ0v) is 18.7. The van der Waals surface area contributed by atoms with E-state index >= 15 is 0 Å². The molecule has 1 amide bonds. The number of rotatable bonds is 9. The average Bonchev–Trinajstić information content (AvgIpc) is 3.03. The summed E-state index contributed by atoms with van der Waals surface area (Å²) in [5, 5.41) is 7.74. The number of hydrogen-bond donors (Lipinski definition) is 1. The van der Waals surface area contributed by atoms with Gasteiger partial charge in [-0.1, -0.05) is 13.8 Å². The molecule has 0 spiro atoms. The molecule has 0 aromatic carbocycles. The molecule has 156 valence electrons. The Bertz CT molecular complexity index is 663. The monoisotopic (exact) mass is 424 g/mol. The van der Waals surface area contributed by atoms with Crippen molar-refractivity contribution in [2.75, 3.05) is 18.6 Å². The van der Waals surface area contributed by atoms with Gasteiger partial charge in [0.25, 0.3) is 11.8 Å². The fourth-order valence-corrected chi connectivity index (χ4v) is 6.91. The molecule has 1 N–H and O–H groups in total. The van der Waals surface area contributed by atoms with E-state index in [9.17, 15) is 4.79 Å². The fraction of sp³-hybridized carbons (Fsp3) is 0.810. The lowest BCUT2D eigenvalue weighted by Gasteiger charge is -2.54. The Kier molecular flexibility index (Phi) is 6.50. The van der Waals surface area contributed by atoms with Crippen molar-refractivity contribution in [3.63, 3.8) is 0 Å². The second-order valence-electron chi connectivity index (χ2n) is 8.94. The van der Waals surface area contributed by atoms with E-state index in [0.29, 0.717) is 41.4 Å². The van der Waals surface area contributed by atoms with Crippen LogP contribution in [0.2, 0.25) is 0 Å². The summed E-state index contributed by atoms with van der Waals surface area (Å²) in [6.07, 6.45) is 9.59. The van der Waals surface area contributed by atoms with E-state index in [-0.39, 0.29) is 5.91 Å². The molecule has 4 bridgehead atoms. The lowest BCUT2D eigenvalue weighted by Crippen LogP contribution is -2.55. The van der Waals surface area contributed by atoms with Gasteiger partial charge in [0.15, 0.2) is 0 Å². The molecule has 0 unspecified atom stereocenters. The predicted molar refractivity (Wildman–Crippen MR) is 114 cm³/mol. The molecular formula is C21H32N2O3S2. The molecule has 4 saturated carbocycles. The van der Waals surface area contributed by atoms with Crippen molar-refractivity contribution in [1.82, 2.24) is 10.5 Å². The number of hydrogen-bond acceptors (Lipinski definition) is 6. The van der Waals surface area contributed by atoms with Crippen molar-refractivity contribution in [3.8, 4) is 5.88 Å². The van der Waals surface area contributed by atoms with E-state index in [0.717, 1.165) is 28.9 Å². The van der Waals surface area contributed by atoms with Crippen molar-refractivity contribution in [2.24, 2.45) is 23.7 Å². The van der Waals surface area contributed by atoms with Gasteiger partial charge >= 0.3 is 0 Å². The molecule has 0 atom stereocenters. The van der Waals surface area contributed by atoms with Crippen LogP contribution in [0, 0.1) is 23.7 Å². The molecule has 0 saturated heterocycles. The van der Waals surface area contributed by atoms with Gasteiger partial charge in [0.05, 0.1) is 6.61 Å². The zero-order chi connectivity index (χ0) is 19.7. The lowest BCUT2D eigenvalue weighted by molar-refractivity contribution is -0.0124. The first-order chi connectivity index (χ1) is 13.5. The maximum atomic E-state index is 13.1. The molecule has 7 heteroatoms. The van der Waals surface area contributed by atoms with Gasteiger partial charge in [-0.15, -0.1) is 11.8 Å². The Balaban J connectivity index is 1.45. The minimum atomic E-state index is -0.118. The van der Waals surface area contributed by atoms with E-state index in [1.807, 2.05) is 0 Å². The molecule has 0 aliphatic heterocycles. The van der Waals surface area contributed by atoms with Crippen LogP contribution in [0.15, 0.2) is 9.42 Å². The second kappa shape index (κ2) is 8.90. The van der Waals surface area contributed by atoms with E-state index in [2.05, 4.69) is 30.6 Å². The van der Waals surface area contributed by atoms with E-state index in [1.165, 1.54) is 32.1 Å². The SMILES string of the molecule is CSCCCOc1noc(C(=O)NC2C3CC4CC(C3)CC2C4)c1SC(C)C. The standard InChI is InChI=1S/C21H32N2O3S2/c1-12(2)28-19-18(26-23-21(19)25-5-4-6-27-3)20(24)22-17-15-8-13-7-14(10-15)11-16(17)9-13/h12-17H,4-11H2,1-3H3,(H,22,24). The number of carbonyl (C=O) groups is 1. The first kappa shape index (κ1) is 20.5. The largest absolute Gasteiger partial charge is 0.475 e. The van der Waals surface area contributed by atoms with Gasteiger partial charge in [-0.05, 0) is 79.4 Å². The van der Waals surface area contributed by atoms with E-state index in [1.54, 1.807) is 23.5 Å². The molecule has 5 rings (SSSR count). The second-order valence-corrected chi connectivity index (χ2v) is 11.5. The Morgan fingerprint density at radius 3 is 2.50 bits per heavy atom. The average molecular weight is 425 g/mol. The van der Waals surface area contributed by atoms with Gasteiger partial charge in [-0.2, -0.15) is 11.8 Å². The van der Waals surface area contributed by atoms with Crippen molar-refractivity contribution in [1.29, 1.82) is 0 Å². The van der Waals surface area contributed by atoms with Gasteiger partial charge in [-0.3, -0.25) is 4.79 Å². The summed E-state index contributed by atoms with van der Waals surface area (Å²) in [6.45, 7) is 4.80.